The number of pyridine rings is 2. The summed E-state index contributed by atoms with van der Waals surface area (Å²) in [5, 5.41) is 16.8. The van der Waals surface area contributed by atoms with Crippen LogP contribution in [0.2, 0.25) is 0 Å². The van der Waals surface area contributed by atoms with Gasteiger partial charge in [0.1, 0.15) is 0 Å². The van der Waals surface area contributed by atoms with Gasteiger partial charge in [-0.3, -0.25) is 9.97 Å². The van der Waals surface area contributed by atoms with Crippen molar-refractivity contribution in [2.75, 3.05) is 9.80 Å². The van der Waals surface area contributed by atoms with Crippen LogP contribution in [0.5, 0.6) is 0 Å². The van der Waals surface area contributed by atoms with Crippen molar-refractivity contribution < 1.29 is 0 Å². The molecule has 7 nitrogen and oxygen atoms in total. The zero-order chi connectivity index (χ0) is 80.3. The minimum atomic E-state index is -0.703. The third-order valence-corrected chi connectivity index (χ3v) is 27.8. The summed E-state index contributed by atoms with van der Waals surface area (Å²) >= 11 is -0.703. The maximum absolute atomic E-state index is 5.62. The minimum absolute atomic E-state index is 0.703. The van der Waals surface area contributed by atoms with Gasteiger partial charge in [-0.15, -0.1) is 0 Å². The van der Waals surface area contributed by atoms with Gasteiger partial charge in [0.25, 0.3) is 0 Å². The molecule has 0 N–H and O–H groups in total. The molecule has 0 unspecified atom stereocenters. The summed E-state index contributed by atoms with van der Waals surface area (Å²) in [5.74, 6) is 0. The van der Waals surface area contributed by atoms with Crippen LogP contribution in [0.1, 0.15) is 11.1 Å². The quantitative estimate of drug-likeness (QED) is 0.102. The Kier molecular flexibility index (Phi) is 16.9. The summed E-state index contributed by atoms with van der Waals surface area (Å²) < 4.78 is 7.43. The monoisotopic (exact) mass is 1670 g/mol. The highest BCUT2D eigenvalue weighted by Crippen LogP contribution is 2.47. The van der Waals surface area contributed by atoms with Gasteiger partial charge in [-0.2, -0.15) is 0 Å². The Bertz CT molecular complexity index is 7470. The van der Waals surface area contributed by atoms with E-state index in [9.17, 15) is 0 Å². The summed E-state index contributed by atoms with van der Waals surface area (Å²) in [6.07, 6.45) is 3.80. The number of halogens is 1. The minimum Gasteiger partial charge on any atom is -0.309 e. The molecule has 0 saturated carbocycles. The van der Waals surface area contributed by atoms with Crippen molar-refractivity contribution in [3.63, 3.8) is 0 Å². The Hall–Kier alpha value is -15.5. The van der Waals surface area contributed by atoms with Gasteiger partial charge >= 0.3 is 0 Å². The lowest BCUT2D eigenvalue weighted by molar-refractivity contribution is 1.17. The van der Waals surface area contributed by atoms with Gasteiger partial charge in [0.15, 0.2) is 0 Å². The van der Waals surface area contributed by atoms with E-state index in [0.717, 1.165) is 112 Å². The molecule has 0 bridgehead atoms. The third-order valence-electron chi connectivity index (χ3n) is 24.6. The Morgan fingerprint density at radius 3 is 0.918 bits per heavy atom. The van der Waals surface area contributed by atoms with Crippen molar-refractivity contribution in [3.05, 3.63) is 452 Å². The first-order valence-electron chi connectivity index (χ1n) is 41.5. The Labute approximate surface area is 714 Å². The summed E-state index contributed by atoms with van der Waals surface area (Å²) in [5.41, 5.74) is 28.3. The Morgan fingerprint density at radius 1 is 0.230 bits per heavy atom. The normalized spacial score (nSPS) is 12.3. The molecule has 0 radical (unpaired) electrons. The lowest BCUT2D eigenvalue weighted by atomic mass is 9.95. The SMILES string of the molecule is c1ccc2c(c1)N=C(c1ccc(N(c3ccc(-n4c5ccc(-c6cccc7ccccc67)cc5c5cc(-c6cccc7ccccc67)ccc54)cc3)c3cccc4cccnc34)cc1)C(c1ccc(N(c3ccc(-n4c5ccc(-c6cccc7ccccc67)cc5c5cc(-c6cccc7ccccc67)ccc54)cc3)c3cccc4cccnc34)cc1)=I2. The fourth-order valence-electron chi connectivity index (χ4n) is 18.9. The highest BCUT2D eigenvalue weighted by Gasteiger charge is 2.26. The number of aromatic nitrogens is 4. The molecule has 0 aliphatic carbocycles. The number of hydrogen-bond acceptors (Lipinski definition) is 5. The average molecular weight is 1670 g/mol. The highest BCUT2D eigenvalue weighted by atomic mass is 127. The zero-order valence-electron chi connectivity index (χ0n) is 66.1. The molecule has 0 saturated heterocycles. The fraction of sp³-hybridized carbons (Fsp3) is 0. The molecule has 0 atom stereocenters. The number of para-hydroxylation sites is 3. The largest absolute Gasteiger partial charge is 0.309 e. The van der Waals surface area contributed by atoms with Gasteiger partial charge in [-0.1, -0.05) is 288 Å². The molecule has 0 fully saturated rings. The van der Waals surface area contributed by atoms with Crippen LogP contribution in [0.3, 0.4) is 0 Å². The number of hydrogen-bond donors (Lipinski definition) is 0. The second-order valence-corrected chi connectivity index (χ2v) is 34.3. The maximum Gasteiger partial charge on any atom is 0.0942 e. The maximum atomic E-state index is 5.62. The van der Waals surface area contributed by atoms with Crippen LogP contribution in [-0.4, -0.2) is 28.3 Å². The lowest BCUT2D eigenvalue weighted by Gasteiger charge is -2.27. The van der Waals surface area contributed by atoms with Gasteiger partial charge in [-0.05, 0) is 251 Å². The molecule has 8 heteroatoms. The van der Waals surface area contributed by atoms with E-state index in [0.29, 0.717) is 0 Å². The van der Waals surface area contributed by atoms with Crippen LogP contribution in [0.25, 0.3) is 164 Å². The molecule has 24 rings (SSSR count). The van der Waals surface area contributed by atoms with Crippen molar-refractivity contribution >= 4 is 178 Å². The first kappa shape index (κ1) is 70.7. The van der Waals surface area contributed by atoms with Gasteiger partial charge in [0.2, 0.25) is 0 Å². The second-order valence-electron chi connectivity index (χ2n) is 31.5. The van der Waals surface area contributed by atoms with Crippen LogP contribution in [-0.2, 0) is 0 Å². The van der Waals surface area contributed by atoms with Crippen molar-refractivity contribution in [2.24, 2.45) is 4.99 Å². The van der Waals surface area contributed by atoms with Gasteiger partial charge in [0, 0.05) is 91.5 Å². The average Bonchev–Trinajstić information content (AvgIpc) is 1.60. The van der Waals surface area contributed by atoms with E-state index in [1.807, 2.05) is 24.5 Å². The molecule has 4 aromatic heterocycles. The second kappa shape index (κ2) is 29.2. The fourth-order valence-corrected chi connectivity index (χ4v) is 21.8. The van der Waals surface area contributed by atoms with E-state index >= 15 is 0 Å². The molecule has 122 heavy (non-hydrogen) atoms. The Balaban J connectivity index is 0.588. The molecule has 5 heterocycles. The van der Waals surface area contributed by atoms with Crippen molar-refractivity contribution in [1.29, 1.82) is 0 Å². The van der Waals surface area contributed by atoms with E-state index < -0.39 is 20.7 Å². The van der Waals surface area contributed by atoms with E-state index in [2.05, 4.69) is 431 Å². The van der Waals surface area contributed by atoms with Crippen LogP contribution in [0, 0.1) is 3.57 Å². The van der Waals surface area contributed by atoms with Crippen LogP contribution >= 0.6 is 20.7 Å². The predicted molar refractivity (Wildman–Crippen MR) is 523 cm³/mol. The molecule has 19 aromatic carbocycles. The van der Waals surface area contributed by atoms with E-state index in [1.165, 1.54) is 116 Å². The van der Waals surface area contributed by atoms with Crippen molar-refractivity contribution in [1.82, 2.24) is 19.1 Å². The molecule has 1 aliphatic heterocycles. The number of rotatable bonds is 14. The van der Waals surface area contributed by atoms with E-state index in [1.54, 1.807) is 0 Å². The number of aliphatic imine (C=N–C) groups is 1. The number of nitrogens with zero attached hydrogens (tertiary/aromatic N) is 7. The molecule has 570 valence electrons. The van der Waals surface area contributed by atoms with Gasteiger partial charge in [-0.25, -0.2) is 4.99 Å². The molecule has 23 aromatic rings. The Morgan fingerprint density at radius 2 is 0.533 bits per heavy atom. The summed E-state index contributed by atoms with van der Waals surface area (Å²) in [6, 6.07) is 156. The van der Waals surface area contributed by atoms with Crippen molar-refractivity contribution in [2.45, 2.75) is 0 Å². The summed E-state index contributed by atoms with van der Waals surface area (Å²) in [6.45, 7) is 0. The number of fused-ring (bicyclic) bond motifs is 13. The molecular weight excluding hydrogens is 1590 g/mol. The van der Waals surface area contributed by atoms with Gasteiger partial charge < -0.3 is 18.9 Å². The van der Waals surface area contributed by atoms with E-state index in [-0.39, 0.29) is 0 Å². The van der Waals surface area contributed by atoms with Crippen molar-refractivity contribution in [3.8, 4) is 55.9 Å². The zero-order valence-corrected chi connectivity index (χ0v) is 68.2. The topological polar surface area (TPSA) is 54.5 Å². The number of anilines is 6. The predicted octanol–water partition coefficient (Wildman–Crippen LogP) is 30.7. The summed E-state index contributed by atoms with van der Waals surface area (Å²) in [7, 11) is 0. The molecule has 1 aliphatic rings. The summed E-state index contributed by atoms with van der Waals surface area (Å²) in [4.78, 5) is 20.5. The molecular formula is C114H72IN7. The first-order valence-corrected chi connectivity index (χ1v) is 43.6. The third kappa shape index (κ3) is 12.0. The smallest absolute Gasteiger partial charge is 0.0942 e. The lowest BCUT2D eigenvalue weighted by Crippen LogP contribution is -2.18. The first-order chi connectivity index (χ1) is 60.5. The number of benzene rings is 19. The standard InChI is InChI=1S/C114H72IN7/c1-5-31-91-73(19-1)23-11-35-95(91)81-47-63-105-99(69-81)100-70-82(96-36-12-24-74-20-2-6-32-92(74)96)48-64-106(100)121(105)89-59-55-87(56-60-89)119(109-41-15-27-78-29-17-67-116-112(78)109)85-51-43-77(44-52-85)111-114(118-104-40-10-9-39-103(104)115-111)80-45-53-86(54-46-80)120(110-42-16-28-79-30-18-68-117-113(79)110)88-57-61-90(62-58-88)122-107-65-49-83(97-37-13-25-75-21-3-7-33-93(75)97)71-101(107)102-72-84(50-66-108(102)122)98-38-14-26-76-22-4-8-34-94(76)98/h1-72H. The van der Waals surface area contributed by atoms with Crippen LogP contribution < -0.4 is 9.80 Å². The highest BCUT2D eigenvalue weighted by molar-refractivity contribution is 14.2. The van der Waals surface area contributed by atoms with Crippen LogP contribution in [0.4, 0.5) is 39.8 Å². The molecule has 0 amide bonds. The molecule has 0 spiro atoms. The van der Waals surface area contributed by atoms with E-state index in [4.69, 9.17) is 15.0 Å². The van der Waals surface area contributed by atoms with Gasteiger partial charge in [0.05, 0.1) is 55.9 Å². The van der Waals surface area contributed by atoms with Crippen LogP contribution in [0.15, 0.2) is 442 Å².